The highest BCUT2D eigenvalue weighted by Crippen LogP contribution is 2.23. The van der Waals surface area contributed by atoms with Crippen molar-refractivity contribution in [3.05, 3.63) is 47.7 Å². The third kappa shape index (κ3) is 5.08. The van der Waals surface area contributed by atoms with Crippen molar-refractivity contribution in [3.8, 4) is 5.75 Å². The smallest absolute Gasteiger partial charge is 0.208 e. The summed E-state index contributed by atoms with van der Waals surface area (Å²) in [4.78, 5) is 9.42. The number of methoxy groups -OCH3 is 1. The zero-order chi connectivity index (χ0) is 18.6. The molecule has 26 heavy (non-hydrogen) atoms. The van der Waals surface area contributed by atoms with Gasteiger partial charge in [-0.2, -0.15) is 0 Å². The minimum Gasteiger partial charge on any atom is -0.497 e. The fraction of sp³-hybridized carbons (Fsp3) is 0.571. The molecule has 0 spiro atoms. The van der Waals surface area contributed by atoms with Crippen LogP contribution in [0.15, 0.2) is 34.9 Å². The molecular formula is C21H31N3O2. The number of benzene rings is 1. The maximum Gasteiger partial charge on any atom is 0.208 e. The van der Waals surface area contributed by atoms with Crippen LogP contribution in [0.5, 0.6) is 5.75 Å². The molecule has 1 aromatic carbocycles. The van der Waals surface area contributed by atoms with Gasteiger partial charge < -0.3 is 14.1 Å². The molecule has 5 heteroatoms. The minimum absolute atomic E-state index is 0.0192. The predicted molar refractivity (Wildman–Crippen MR) is 104 cm³/mol. The summed E-state index contributed by atoms with van der Waals surface area (Å²) in [6, 6.07) is 8.39. The SMILES string of the molecule is COc1ccc(CCN2CCN(Cc3ncc(C(C)(C)C)o3)CC2)cc1. The number of rotatable bonds is 6. The predicted octanol–water partition coefficient (Wildman–Crippen LogP) is 3.34. The van der Waals surface area contributed by atoms with E-state index in [0.29, 0.717) is 0 Å². The maximum absolute atomic E-state index is 5.93. The van der Waals surface area contributed by atoms with Crippen molar-refractivity contribution in [3.63, 3.8) is 0 Å². The number of oxazole rings is 1. The minimum atomic E-state index is 0.0192. The lowest BCUT2D eigenvalue weighted by Gasteiger charge is -2.34. The molecule has 1 fully saturated rings. The van der Waals surface area contributed by atoms with Gasteiger partial charge in [-0.05, 0) is 24.1 Å². The van der Waals surface area contributed by atoms with Gasteiger partial charge in [-0.1, -0.05) is 32.9 Å². The van der Waals surface area contributed by atoms with Gasteiger partial charge >= 0.3 is 0 Å². The van der Waals surface area contributed by atoms with Crippen LogP contribution in [0.3, 0.4) is 0 Å². The van der Waals surface area contributed by atoms with Crippen LogP contribution >= 0.6 is 0 Å². The molecule has 0 saturated carbocycles. The average Bonchev–Trinajstić information content (AvgIpc) is 3.10. The highest BCUT2D eigenvalue weighted by Gasteiger charge is 2.22. The Labute approximate surface area is 157 Å². The van der Waals surface area contributed by atoms with Crippen molar-refractivity contribution in [2.75, 3.05) is 39.8 Å². The van der Waals surface area contributed by atoms with E-state index in [2.05, 4.69) is 47.7 Å². The van der Waals surface area contributed by atoms with E-state index in [9.17, 15) is 0 Å². The molecule has 2 aromatic rings. The first-order chi connectivity index (χ1) is 12.4. The van der Waals surface area contributed by atoms with Crippen molar-refractivity contribution < 1.29 is 9.15 Å². The van der Waals surface area contributed by atoms with E-state index >= 15 is 0 Å². The van der Waals surface area contributed by atoms with E-state index in [1.807, 2.05) is 18.3 Å². The molecule has 1 aromatic heterocycles. The topological polar surface area (TPSA) is 41.7 Å². The van der Waals surface area contributed by atoms with E-state index in [1.165, 1.54) is 5.56 Å². The second kappa shape index (κ2) is 8.23. The van der Waals surface area contributed by atoms with E-state index in [4.69, 9.17) is 9.15 Å². The highest BCUT2D eigenvalue weighted by atomic mass is 16.5. The summed E-state index contributed by atoms with van der Waals surface area (Å²) in [5, 5.41) is 0. The van der Waals surface area contributed by atoms with Crippen LogP contribution in [0.1, 0.15) is 38.0 Å². The molecule has 0 atom stereocenters. The number of nitrogens with zero attached hydrogens (tertiary/aromatic N) is 3. The Bertz CT molecular complexity index is 680. The summed E-state index contributed by atoms with van der Waals surface area (Å²) in [6.45, 7) is 12.7. The fourth-order valence-corrected chi connectivity index (χ4v) is 3.17. The average molecular weight is 357 g/mol. The molecule has 142 valence electrons. The first kappa shape index (κ1) is 18.9. The summed E-state index contributed by atoms with van der Waals surface area (Å²) >= 11 is 0. The maximum atomic E-state index is 5.93. The van der Waals surface area contributed by atoms with Gasteiger partial charge in [-0.3, -0.25) is 4.90 Å². The van der Waals surface area contributed by atoms with Crippen LogP contribution in [0.25, 0.3) is 0 Å². The van der Waals surface area contributed by atoms with E-state index in [-0.39, 0.29) is 5.41 Å². The normalized spacial score (nSPS) is 16.8. The van der Waals surface area contributed by atoms with Crippen molar-refractivity contribution in [1.29, 1.82) is 0 Å². The lowest BCUT2D eigenvalue weighted by atomic mass is 9.94. The Morgan fingerprint density at radius 1 is 1.04 bits per heavy atom. The molecule has 5 nitrogen and oxygen atoms in total. The first-order valence-corrected chi connectivity index (χ1v) is 9.47. The van der Waals surface area contributed by atoms with Gasteiger partial charge in [-0.15, -0.1) is 0 Å². The van der Waals surface area contributed by atoms with Crippen LogP contribution < -0.4 is 4.74 Å². The first-order valence-electron chi connectivity index (χ1n) is 9.47. The van der Waals surface area contributed by atoms with Gasteiger partial charge in [-0.25, -0.2) is 4.98 Å². The zero-order valence-electron chi connectivity index (χ0n) is 16.5. The summed E-state index contributed by atoms with van der Waals surface area (Å²) in [7, 11) is 1.71. The van der Waals surface area contributed by atoms with E-state index in [1.54, 1.807) is 7.11 Å². The van der Waals surface area contributed by atoms with Crippen molar-refractivity contribution in [2.45, 2.75) is 39.2 Å². The van der Waals surface area contributed by atoms with Crippen LogP contribution in [0.2, 0.25) is 0 Å². The number of ether oxygens (including phenoxy) is 1. The van der Waals surface area contributed by atoms with E-state index in [0.717, 1.165) is 63.1 Å². The monoisotopic (exact) mass is 357 g/mol. The van der Waals surface area contributed by atoms with Crippen LogP contribution in [0, 0.1) is 0 Å². The molecule has 0 radical (unpaired) electrons. The zero-order valence-corrected chi connectivity index (χ0v) is 16.5. The molecule has 1 saturated heterocycles. The largest absolute Gasteiger partial charge is 0.497 e. The molecule has 0 bridgehead atoms. The van der Waals surface area contributed by atoms with Gasteiger partial charge in [0.2, 0.25) is 5.89 Å². The van der Waals surface area contributed by atoms with Crippen molar-refractivity contribution in [1.82, 2.24) is 14.8 Å². The van der Waals surface area contributed by atoms with Gasteiger partial charge in [0.15, 0.2) is 0 Å². The van der Waals surface area contributed by atoms with Crippen LogP contribution in [-0.4, -0.2) is 54.6 Å². The molecule has 0 amide bonds. The van der Waals surface area contributed by atoms with Gasteiger partial charge in [0, 0.05) is 38.1 Å². The van der Waals surface area contributed by atoms with Gasteiger partial charge in [0.05, 0.1) is 19.9 Å². The Hall–Kier alpha value is -1.85. The number of aromatic nitrogens is 1. The number of hydrogen-bond acceptors (Lipinski definition) is 5. The summed E-state index contributed by atoms with van der Waals surface area (Å²) in [6.07, 6.45) is 2.96. The molecule has 0 N–H and O–H groups in total. The van der Waals surface area contributed by atoms with Crippen molar-refractivity contribution in [2.24, 2.45) is 0 Å². The summed E-state index contributed by atoms with van der Waals surface area (Å²) in [5.41, 5.74) is 1.38. The lowest BCUT2D eigenvalue weighted by Crippen LogP contribution is -2.46. The highest BCUT2D eigenvalue weighted by molar-refractivity contribution is 5.27. The molecule has 0 aliphatic carbocycles. The van der Waals surface area contributed by atoms with Gasteiger partial charge in [0.1, 0.15) is 11.5 Å². The second-order valence-corrected chi connectivity index (χ2v) is 8.08. The van der Waals surface area contributed by atoms with E-state index < -0.39 is 0 Å². The third-order valence-electron chi connectivity index (χ3n) is 4.99. The Morgan fingerprint density at radius 3 is 2.27 bits per heavy atom. The Kier molecular flexibility index (Phi) is 5.99. The van der Waals surface area contributed by atoms with Crippen LogP contribution in [0.4, 0.5) is 0 Å². The standard InChI is InChI=1S/C21H31N3O2/c1-21(2,3)19-15-22-20(26-19)16-24-13-11-23(12-14-24)10-9-17-5-7-18(25-4)8-6-17/h5-8,15H,9-14,16H2,1-4H3. The molecule has 3 rings (SSSR count). The fourth-order valence-electron chi connectivity index (χ4n) is 3.17. The lowest BCUT2D eigenvalue weighted by molar-refractivity contribution is 0.119. The summed E-state index contributed by atoms with van der Waals surface area (Å²) in [5.74, 6) is 2.72. The second-order valence-electron chi connectivity index (χ2n) is 8.08. The Morgan fingerprint density at radius 2 is 1.69 bits per heavy atom. The molecular weight excluding hydrogens is 326 g/mol. The Balaban J connectivity index is 1.41. The molecule has 0 unspecified atom stereocenters. The van der Waals surface area contributed by atoms with Crippen LogP contribution in [-0.2, 0) is 18.4 Å². The molecule has 1 aliphatic heterocycles. The number of piperazine rings is 1. The summed E-state index contributed by atoms with van der Waals surface area (Å²) < 4.78 is 11.1. The van der Waals surface area contributed by atoms with Crippen molar-refractivity contribution >= 4 is 0 Å². The third-order valence-corrected chi connectivity index (χ3v) is 4.99. The number of hydrogen-bond donors (Lipinski definition) is 0. The molecule has 1 aliphatic rings. The molecule has 2 heterocycles. The quantitative estimate of drug-likeness (QED) is 0.793. The van der Waals surface area contributed by atoms with Gasteiger partial charge in [0.25, 0.3) is 0 Å².